The third kappa shape index (κ3) is 2.98. The van der Waals surface area contributed by atoms with E-state index in [1.807, 2.05) is 0 Å². The Morgan fingerprint density at radius 1 is 1.29 bits per heavy atom. The largest absolute Gasteiger partial charge is 0.495 e. The van der Waals surface area contributed by atoms with Gasteiger partial charge in [-0.3, -0.25) is 4.72 Å². The van der Waals surface area contributed by atoms with E-state index in [0.29, 0.717) is 16.3 Å². The number of methoxy groups -OCH3 is 1. The van der Waals surface area contributed by atoms with Gasteiger partial charge in [0.25, 0.3) is 10.0 Å². The predicted molar refractivity (Wildman–Crippen MR) is 79.5 cm³/mol. The average molecular weight is 331 g/mol. The van der Waals surface area contributed by atoms with E-state index in [-0.39, 0.29) is 16.5 Å². The van der Waals surface area contributed by atoms with Gasteiger partial charge in [-0.1, -0.05) is 16.8 Å². The van der Waals surface area contributed by atoms with Gasteiger partial charge >= 0.3 is 0 Å². The van der Waals surface area contributed by atoms with E-state index in [2.05, 4.69) is 9.88 Å². The van der Waals surface area contributed by atoms with Crippen molar-refractivity contribution >= 4 is 27.4 Å². The lowest BCUT2D eigenvalue weighted by Crippen LogP contribution is -2.16. The first kappa shape index (κ1) is 15.7. The van der Waals surface area contributed by atoms with Gasteiger partial charge in [-0.25, -0.2) is 8.42 Å². The summed E-state index contributed by atoms with van der Waals surface area (Å²) in [5.74, 6) is 0.825. The molecule has 0 unspecified atom stereocenters. The van der Waals surface area contributed by atoms with Crippen LogP contribution in [0.15, 0.2) is 21.6 Å². The quantitative estimate of drug-likeness (QED) is 0.931. The second-order valence-electron chi connectivity index (χ2n) is 4.59. The Labute approximate surface area is 128 Å². The Bertz CT molecular complexity index is 784. The fourth-order valence-corrected chi connectivity index (χ4v) is 3.59. The van der Waals surface area contributed by atoms with Gasteiger partial charge in [0, 0.05) is 11.1 Å². The lowest BCUT2D eigenvalue weighted by molar-refractivity contribution is 0.399. The molecule has 21 heavy (non-hydrogen) atoms. The van der Waals surface area contributed by atoms with Crippen LogP contribution in [0.3, 0.4) is 0 Å². The molecule has 2 rings (SSSR count). The maximum Gasteiger partial charge on any atom is 0.267 e. The molecule has 0 radical (unpaired) electrons. The van der Waals surface area contributed by atoms with Crippen molar-refractivity contribution in [1.82, 2.24) is 5.16 Å². The van der Waals surface area contributed by atoms with Crippen LogP contribution in [0.2, 0.25) is 5.02 Å². The lowest BCUT2D eigenvalue weighted by atomic mass is 10.1. The van der Waals surface area contributed by atoms with E-state index in [0.717, 1.165) is 5.56 Å². The standard InChI is InChI=1S/C13H15ClN2O4S/c1-7-5-10(19-4)13(9(3)12(7)14)21(17,18)16-11-6-8(2)20-15-11/h5-6H,1-4H3,(H,15,16). The van der Waals surface area contributed by atoms with Gasteiger partial charge in [-0.2, -0.15) is 0 Å². The van der Waals surface area contributed by atoms with Crippen LogP contribution in [0.5, 0.6) is 5.75 Å². The van der Waals surface area contributed by atoms with Gasteiger partial charge < -0.3 is 9.26 Å². The van der Waals surface area contributed by atoms with Crippen molar-refractivity contribution in [2.45, 2.75) is 25.7 Å². The summed E-state index contributed by atoms with van der Waals surface area (Å²) in [5.41, 5.74) is 1.16. The van der Waals surface area contributed by atoms with Crippen molar-refractivity contribution < 1.29 is 17.7 Å². The average Bonchev–Trinajstić information content (AvgIpc) is 2.79. The van der Waals surface area contributed by atoms with Crippen molar-refractivity contribution in [1.29, 1.82) is 0 Å². The van der Waals surface area contributed by atoms with Crippen LogP contribution < -0.4 is 9.46 Å². The fraction of sp³-hybridized carbons (Fsp3) is 0.308. The number of hydrogen-bond acceptors (Lipinski definition) is 5. The molecule has 0 aliphatic heterocycles. The van der Waals surface area contributed by atoms with Gasteiger partial charge in [0.05, 0.1) is 7.11 Å². The topological polar surface area (TPSA) is 81.4 Å². The number of hydrogen-bond donors (Lipinski definition) is 1. The monoisotopic (exact) mass is 330 g/mol. The maximum atomic E-state index is 12.5. The summed E-state index contributed by atoms with van der Waals surface area (Å²) in [5, 5.41) is 3.99. The number of sulfonamides is 1. The smallest absolute Gasteiger partial charge is 0.267 e. The third-order valence-corrected chi connectivity index (χ3v) is 5.05. The third-order valence-electron chi connectivity index (χ3n) is 2.94. The molecule has 2 aromatic rings. The summed E-state index contributed by atoms with van der Waals surface area (Å²) >= 11 is 6.14. The molecule has 1 aromatic carbocycles. The Morgan fingerprint density at radius 3 is 2.48 bits per heavy atom. The van der Waals surface area contributed by atoms with Crippen molar-refractivity contribution in [3.63, 3.8) is 0 Å². The number of benzene rings is 1. The van der Waals surface area contributed by atoms with Crippen LogP contribution in [0.1, 0.15) is 16.9 Å². The van der Waals surface area contributed by atoms with Crippen LogP contribution in [-0.2, 0) is 10.0 Å². The van der Waals surface area contributed by atoms with Crippen LogP contribution in [-0.4, -0.2) is 20.7 Å². The molecule has 0 saturated heterocycles. The van der Waals surface area contributed by atoms with Gasteiger partial charge in [0.2, 0.25) is 0 Å². The SMILES string of the molecule is COc1cc(C)c(Cl)c(C)c1S(=O)(=O)Nc1cc(C)on1. The number of halogens is 1. The zero-order valence-electron chi connectivity index (χ0n) is 12.0. The number of aromatic nitrogens is 1. The zero-order chi connectivity index (χ0) is 15.8. The minimum Gasteiger partial charge on any atom is -0.495 e. The normalized spacial score (nSPS) is 11.5. The highest BCUT2D eigenvalue weighted by atomic mass is 35.5. The number of nitrogens with one attached hydrogen (secondary N) is 1. The highest BCUT2D eigenvalue weighted by molar-refractivity contribution is 7.92. The van der Waals surface area contributed by atoms with Crippen LogP contribution in [0.25, 0.3) is 0 Å². The van der Waals surface area contributed by atoms with E-state index >= 15 is 0 Å². The number of nitrogens with zero attached hydrogens (tertiary/aromatic N) is 1. The molecule has 0 atom stereocenters. The number of rotatable bonds is 4. The summed E-state index contributed by atoms with van der Waals surface area (Å²) in [6, 6.07) is 3.06. The molecule has 1 heterocycles. The first-order valence-electron chi connectivity index (χ1n) is 6.06. The second kappa shape index (κ2) is 5.57. The summed E-state index contributed by atoms with van der Waals surface area (Å²) in [6.07, 6.45) is 0. The molecule has 0 saturated carbocycles. The molecule has 0 aliphatic rings. The molecule has 1 aromatic heterocycles. The molecule has 8 heteroatoms. The lowest BCUT2D eigenvalue weighted by Gasteiger charge is -2.15. The molecule has 0 amide bonds. The van der Waals surface area contributed by atoms with E-state index in [9.17, 15) is 8.42 Å². The molecular weight excluding hydrogens is 316 g/mol. The maximum absolute atomic E-state index is 12.5. The fourth-order valence-electron chi connectivity index (χ4n) is 1.99. The Balaban J connectivity index is 2.56. The van der Waals surface area contributed by atoms with Crippen LogP contribution in [0.4, 0.5) is 5.82 Å². The molecule has 0 bridgehead atoms. The van der Waals surface area contributed by atoms with Crippen molar-refractivity contribution in [2.24, 2.45) is 0 Å². The summed E-state index contributed by atoms with van der Waals surface area (Å²) in [7, 11) is -2.49. The van der Waals surface area contributed by atoms with Crippen LogP contribution >= 0.6 is 11.6 Å². The number of aryl methyl sites for hydroxylation is 2. The van der Waals surface area contributed by atoms with E-state index in [4.69, 9.17) is 20.9 Å². The van der Waals surface area contributed by atoms with Crippen molar-refractivity contribution in [3.8, 4) is 5.75 Å². The van der Waals surface area contributed by atoms with Gasteiger partial charge in [0.1, 0.15) is 16.4 Å². The molecule has 114 valence electrons. The van der Waals surface area contributed by atoms with Gasteiger partial charge in [-0.15, -0.1) is 0 Å². The van der Waals surface area contributed by atoms with Gasteiger partial charge in [-0.05, 0) is 38.0 Å². The molecule has 6 nitrogen and oxygen atoms in total. The molecule has 0 fully saturated rings. The minimum atomic E-state index is -3.89. The van der Waals surface area contributed by atoms with Crippen molar-refractivity contribution in [3.05, 3.63) is 34.0 Å². The highest BCUT2D eigenvalue weighted by Gasteiger charge is 2.26. The predicted octanol–water partition coefficient (Wildman–Crippen LogP) is 3.06. The second-order valence-corrected chi connectivity index (χ2v) is 6.59. The summed E-state index contributed by atoms with van der Waals surface area (Å²) < 4.78 is 37.4. The molecule has 0 spiro atoms. The zero-order valence-corrected chi connectivity index (χ0v) is 13.6. The molecule has 1 N–H and O–H groups in total. The Kier molecular flexibility index (Phi) is 4.15. The number of anilines is 1. The first-order valence-corrected chi connectivity index (χ1v) is 7.92. The number of ether oxygens (including phenoxy) is 1. The Hall–Kier alpha value is -1.73. The summed E-state index contributed by atoms with van der Waals surface area (Å²) in [6.45, 7) is 5.07. The molecular formula is C13H15ClN2O4S. The molecule has 0 aliphatic carbocycles. The van der Waals surface area contributed by atoms with Gasteiger partial charge in [0.15, 0.2) is 5.82 Å². The highest BCUT2D eigenvalue weighted by Crippen LogP contribution is 2.35. The van der Waals surface area contributed by atoms with Crippen molar-refractivity contribution in [2.75, 3.05) is 11.8 Å². The van der Waals surface area contributed by atoms with E-state index in [1.165, 1.54) is 13.2 Å². The summed E-state index contributed by atoms with van der Waals surface area (Å²) in [4.78, 5) is -0.0127. The van der Waals surface area contributed by atoms with Crippen LogP contribution in [0, 0.1) is 20.8 Å². The first-order chi connectivity index (χ1) is 9.76. The van der Waals surface area contributed by atoms with E-state index < -0.39 is 10.0 Å². The van der Waals surface area contributed by atoms with E-state index in [1.54, 1.807) is 26.8 Å². The minimum absolute atomic E-state index is 0.0127. The Morgan fingerprint density at radius 2 is 1.95 bits per heavy atom.